The van der Waals surface area contributed by atoms with Crippen molar-refractivity contribution in [2.75, 3.05) is 0 Å². The van der Waals surface area contributed by atoms with E-state index in [0.717, 1.165) is 5.56 Å². The molecule has 0 heterocycles. The number of carbonyl (C=O) groups excluding carboxylic acids is 1. The van der Waals surface area contributed by atoms with Crippen molar-refractivity contribution in [3.63, 3.8) is 0 Å². The Kier molecular flexibility index (Phi) is 4.53. The highest BCUT2D eigenvalue weighted by Crippen LogP contribution is 2.04. The molecule has 0 aliphatic carbocycles. The lowest BCUT2D eigenvalue weighted by atomic mass is 10.2. The number of hydrogen-bond acceptors (Lipinski definition) is 1. The molecule has 3 heteroatoms. The predicted molar refractivity (Wildman–Crippen MR) is 73.8 cm³/mol. The molecular formula is C14H19NOSi. The van der Waals surface area contributed by atoms with Crippen molar-refractivity contribution in [2.45, 2.75) is 33.1 Å². The van der Waals surface area contributed by atoms with Gasteiger partial charge in [-0.1, -0.05) is 50.0 Å². The summed E-state index contributed by atoms with van der Waals surface area (Å²) in [6, 6.07) is 12.9. The quantitative estimate of drug-likeness (QED) is 0.446. The summed E-state index contributed by atoms with van der Waals surface area (Å²) in [5.41, 5.74) is 4.32. The summed E-state index contributed by atoms with van der Waals surface area (Å²) in [5, 5.41) is 0. The standard InChI is InChI=1S/C14H19NOSi/c1-13(16)15(10-11-17(2,3)4)12-14-8-6-5-7-9-14/h5-9H,12H2,1-4H3. The van der Waals surface area contributed by atoms with Crippen molar-refractivity contribution in [2.24, 2.45) is 0 Å². The Hall–Kier alpha value is -1.53. The number of hydrogen-bond donors (Lipinski definition) is 0. The molecule has 2 nitrogen and oxygen atoms in total. The van der Waals surface area contributed by atoms with Crippen molar-refractivity contribution in [1.82, 2.24) is 4.90 Å². The van der Waals surface area contributed by atoms with Crippen molar-refractivity contribution >= 4 is 14.0 Å². The third-order valence-electron chi connectivity index (χ3n) is 2.13. The first-order valence-electron chi connectivity index (χ1n) is 5.73. The van der Waals surface area contributed by atoms with Crippen LogP contribution in [-0.4, -0.2) is 18.9 Å². The van der Waals surface area contributed by atoms with Crippen LogP contribution in [0.2, 0.25) is 19.6 Å². The predicted octanol–water partition coefficient (Wildman–Crippen LogP) is 2.87. The second-order valence-electron chi connectivity index (χ2n) is 5.08. The Balaban J connectivity index is 2.81. The molecule has 0 unspecified atom stereocenters. The van der Waals surface area contributed by atoms with Gasteiger partial charge in [0.1, 0.15) is 8.07 Å². The molecule has 0 N–H and O–H groups in total. The molecule has 1 aromatic carbocycles. The smallest absolute Gasteiger partial charge is 0.231 e. The van der Waals surface area contributed by atoms with Crippen LogP contribution in [0.5, 0.6) is 0 Å². The summed E-state index contributed by atoms with van der Waals surface area (Å²) in [4.78, 5) is 13.1. The third kappa shape index (κ3) is 5.37. The first kappa shape index (κ1) is 13.5. The van der Waals surface area contributed by atoms with Crippen LogP contribution in [0.25, 0.3) is 0 Å². The van der Waals surface area contributed by atoms with Gasteiger partial charge in [-0.3, -0.25) is 9.69 Å². The van der Waals surface area contributed by atoms with E-state index in [1.807, 2.05) is 30.3 Å². The van der Waals surface area contributed by atoms with Gasteiger partial charge >= 0.3 is 0 Å². The molecule has 0 atom stereocenters. The molecule has 1 rings (SSSR count). The van der Waals surface area contributed by atoms with Gasteiger partial charge in [-0.15, -0.1) is 5.54 Å². The van der Waals surface area contributed by atoms with E-state index in [2.05, 4.69) is 31.2 Å². The van der Waals surface area contributed by atoms with Crippen LogP contribution in [-0.2, 0) is 11.3 Å². The number of carbonyl (C=O) groups is 1. The summed E-state index contributed by atoms with van der Waals surface area (Å²) in [7, 11) is -1.44. The highest BCUT2D eigenvalue weighted by atomic mass is 28.3. The van der Waals surface area contributed by atoms with E-state index in [0.29, 0.717) is 6.54 Å². The van der Waals surface area contributed by atoms with E-state index in [-0.39, 0.29) is 5.91 Å². The topological polar surface area (TPSA) is 20.3 Å². The summed E-state index contributed by atoms with van der Waals surface area (Å²) >= 11 is 0. The minimum Gasteiger partial charge on any atom is -0.274 e. The van der Waals surface area contributed by atoms with E-state index in [4.69, 9.17) is 0 Å². The van der Waals surface area contributed by atoms with E-state index in [1.54, 1.807) is 11.8 Å². The van der Waals surface area contributed by atoms with E-state index < -0.39 is 8.07 Å². The fourth-order valence-electron chi connectivity index (χ4n) is 1.23. The monoisotopic (exact) mass is 245 g/mol. The average molecular weight is 245 g/mol. The maximum atomic E-state index is 11.5. The molecule has 0 aromatic heterocycles. The molecule has 0 saturated carbocycles. The first-order valence-corrected chi connectivity index (χ1v) is 9.23. The molecule has 0 aliphatic heterocycles. The molecule has 0 radical (unpaired) electrons. The molecule has 1 aromatic rings. The molecule has 17 heavy (non-hydrogen) atoms. The molecular weight excluding hydrogens is 226 g/mol. The largest absolute Gasteiger partial charge is 0.274 e. The second-order valence-corrected chi connectivity index (χ2v) is 9.83. The number of nitrogens with zero attached hydrogens (tertiary/aromatic N) is 1. The van der Waals surface area contributed by atoms with Gasteiger partial charge in [-0.25, -0.2) is 0 Å². The number of rotatable bonds is 2. The fourth-order valence-corrected chi connectivity index (χ4v) is 1.70. The highest BCUT2D eigenvalue weighted by Gasteiger charge is 2.10. The summed E-state index contributed by atoms with van der Waals surface area (Å²) in [5.74, 6) is -0.000368. The molecule has 0 aliphatic rings. The lowest BCUT2D eigenvalue weighted by Gasteiger charge is -2.14. The highest BCUT2D eigenvalue weighted by molar-refractivity contribution is 6.83. The first-order chi connectivity index (χ1) is 7.88. The minimum atomic E-state index is -1.44. The summed E-state index contributed by atoms with van der Waals surface area (Å²) in [6.45, 7) is 8.62. The number of benzene rings is 1. The average Bonchev–Trinajstić information content (AvgIpc) is 2.24. The Morgan fingerprint density at radius 3 is 2.29 bits per heavy atom. The SMILES string of the molecule is CC(=O)N(C#C[Si](C)(C)C)Cc1ccccc1. The molecule has 0 saturated heterocycles. The van der Waals surface area contributed by atoms with E-state index >= 15 is 0 Å². The van der Waals surface area contributed by atoms with E-state index in [9.17, 15) is 4.79 Å². The van der Waals surface area contributed by atoms with Crippen molar-refractivity contribution in [3.8, 4) is 11.6 Å². The van der Waals surface area contributed by atoms with Crippen LogP contribution in [0.3, 0.4) is 0 Å². The van der Waals surface area contributed by atoms with Crippen LogP contribution in [0, 0.1) is 11.6 Å². The number of amides is 1. The zero-order valence-corrected chi connectivity index (χ0v) is 11.9. The van der Waals surface area contributed by atoms with Gasteiger partial charge < -0.3 is 0 Å². The lowest BCUT2D eigenvalue weighted by Crippen LogP contribution is -2.25. The van der Waals surface area contributed by atoms with Gasteiger partial charge in [0, 0.05) is 13.0 Å². The molecule has 90 valence electrons. The Bertz CT molecular complexity index is 437. The van der Waals surface area contributed by atoms with Gasteiger partial charge in [0.05, 0.1) is 6.54 Å². The maximum absolute atomic E-state index is 11.5. The Labute approximate surface area is 105 Å². The molecule has 0 bridgehead atoms. The van der Waals surface area contributed by atoms with Gasteiger partial charge in [0.2, 0.25) is 5.91 Å². The Morgan fingerprint density at radius 1 is 1.24 bits per heavy atom. The summed E-state index contributed by atoms with van der Waals surface area (Å²) < 4.78 is 0. The normalized spacial score (nSPS) is 10.4. The maximum Gasteiger partial charge on any atom is 0.231 e. The second kappa shape index (κ2) is 5.69. The fraction of sp³-hybridized carbons (Fsp3) is 0.357. The molecule has 1 amide bonds. The van der Waals surface area contributed by atoms with Crippen LogP contribution in [0.1, 0.15) is 12.5 Å². The van der Waals surface area contributed by atoms with Gasteiger partial charge in [-0.2, -0.15) is 0 Å². The summed E-state index contributed by atoms with van der Waals surface area (Å²) in [6.07, 6.45) is 0. The van der Waals surface area contributed by atoms with Crippen LogP contribution in [0.15, 0.2) is 30.3 Å². The molecule has 0 spiro atoms. The zero-order chi connectivity index (χ0) is 12.9. The third-order valence-corrected chi connectivity index (χ3v) is 2.99. The van der Waals surface area contributed by atoms with Crippen molar-refractivity contribution < 1.29 is 4.79 Å². The zero-order valence-electron chi connectivity index (χ0n) is 10.9. The van der Waals surface area contributed by atoms with Crippen LogP contribution >= 0.6 is 0 Å². The minimum absolute atomic E-state index is 0.000368. The van der Waals surface area contributed by atoms with Gasteiger partial charge in [-0.05, 0) is 5.56 Å². The van der Waals surface area contributed by atoms with Crippen molar-refractivity contribution in [1.29, 1.82) is 0 Å². The molecule has 0 fully saturated rings. The van der Waals surface area contributed by atoms with Crippen LogP contribution in [0.4, 0.5) is 0 Å². The van der Waals surface area contributed by atoms with Gasteiger partial charge in [0.25, 0.3) is 0 Å². The van der Waals surface area contributed by atoms with E-state index in [1.165, 1.54) is 0 Å². The van der Waals surface area contributed by atoms with Gasteiger partial charge in [0.15, 0.2) is 0 Å². The lowest BCUT2D eigenvalue weighted by molar-refractivity contribution is -0.126. The van der Waals surface area contributed by atoms with Crippen molar-refractivity contribution in [3.05, 3.63) is 35.9 Å². The van der Waals surface area contributed by atoms with Crippen LogP contribution < -0.4 is 0 Å². The Morgan fingerprint density at radius 2 is 1.82 bits per heavy atom.